The zero-order valence-electron chi connectivity index (χ0n) is 43.7. The molecule has 0 aromatic rings. The van der Waals surface area contributed by atoms with Crippen LogP contribution in [0.25, 0.3) is 0 Å². The Morgan fingerprint density at radius 3 is 0.953 bits per heavy atom. The Bertz CT molecular complexity index is 928. The first-order valence-corrected chi connectivity index (χ1v) is 29.3. The molecule has 382 valence electrons. The highest BCUT2D eigenvalue weighted by Gasteiger charge is 2.24. The Hall–Kier alpha value is -1.14. The number of amides is 1. The molecule has 1 amide bonds. The molecule has 0 aromatic carbocycles. The SMILES string of the molecule is CCCCCCCCCCCCCCCCCCCC(CC(=O)NC(CO)C(O)CCCCCCCCCCCCCC)OC(=O)CCCCCCCCCCCCCCCCCC. The predicted octanol–water partition coefficient (Wildman–Crippen LogP) is 17.9. The molecular weight excluding hydrogens is 791 g/mol. The van der Waals surface area contributed by atoms with E-state index in [9.17, 15) is 19.8 Å². The van der Waals surface area contributed by atoms with E-state index in [1.807, 2.05) is 0 Å². The lowest BCUT2D eigenvalue weighted by atomic mass is 10.0. The minimum absolute atomic E-state index is 0.0887. The van der Waals surface area contributed by atoms with Gasteiger partial charge in [0.1, 0.15) is 6.10 Å². The normalized spacial score (nSPS) is 13.0. The second-order valence-electron chi connectivity index (χ2n) is 20.4. The van der Waals surface area contributed by atoms with E-state index in [4.69, 9.17) is 4.74 Å². The average Bonchev–Trinajstić information content (AvgIpc) is 3.29. The summed E-state index contributed by atoms with van der Waals surface area (Å²) in [5, 5.41) is 23.9. The summed E-state index contributed by atoms with van der Waals surface area (Å²) in [6, 6.07) is -0.693. The fraction of sp³-hybridized carbons (Fsp3) is 0.966. The number of carbonyl (C=O) groups is 2. The van der Waals surface area contributed by atoms with Crippen molar-refractivity contribution in [3.8, 4) is 0 Å². The molecule has 0 aliphatic rings. The van der Waals surface area contributed by atoms with E-state index in [1.54, 1.807) is 0 Å². The van der Waals surface area contributed by atoms with Gasteiger partial charge in [-0.1, -0.05) is 297 Å². The van der Waals surface area contributed by atoms with Crippen molar-refractivity contribution in [2.45, 2.75) is 354 Å². The van der Waals surface area contributed by atoms with Crippen molar-refractivity contribution in [2.24, 2.45) is 0 Å². The number of unbranched alkanes of at least 4 members (excludes halogenated alkanes) is 42. The lowest BCUT2D eigenvalue weighted by molar-refractivity contribution is -0.151. The molecule has 0 aromatic heterocycles. The van der Waals surface area contributed by atoms with Gasteiger partial charge in [-0.15, -0.1) is 0 Å². The second-order valence-corrected chi connectivity index (χ2v) is 20.4. The number of nitrogens with one attached hydrogen (secondary N) is 1. The zero-order chi connectivity index (χ0) is 46.7. The molecule has 0 heterocycles. The zero-order valence-corrected chi connectivity index (χ0v) is 43.7. The van der Waals surface area contributed by atoms with Gasteiger partial charge in [0, 0.05) is 6.42 Å². The predicted molar refractivity (Wildman–Crippen MR) is 278 cm³/mol. The van der Waals surface area contributed by atoms with Crippen molar-refractivity contribution in [3.05, 3.63) is 0 Å². The quantitative estimate of drug-likeness (QED) is 0.0417. The summed E-state index contributed by atoms with van der Waals surface area (Å²) in [7, 11) is 0. The standard InChI is InChI=1S/C58H115NO5/c1-4-7-10-13-16-19-22-25-27-29-30-32-34-37-40-43-46-49-54(64-58(63)51-48-45-42-39-36-33-31-28-26-23-20-17-14-11-8-5-2)52-57(62)59-55(53-60)56(61)50-47-44-41-38-35-24-21-18-15-12-9-6-3/h54-56,60-61H,4-53H2,1-3H3,(H,59,62). The lowest BCUT2D eigenvalue weighted by Crippen LogP contribution is -2.46. The van der Waals surface area contributed by atoms with Crippen molar-refractivity contribution in [1.82, 2.24) is 5.32 Å². The summed E-state index contributed by atoms with van der Waals surface area (Å²) in [5.41, 5.74) is 0. The van der Waals surface area contributed by atoms with Crippen LogP contribution in [-0.4, -0.2) is 46.9 Å². The maximum Gasteiger partial charge on any atom is 0.306 e. The highest BCUT2D eigenvalue weighted by atomic mass is 16.5. The molecule has 0 bridgehead atoms. The number of aliphatic hydroxyl groups is 2. The van der Waals surface area contributed by atoms with Crippen LogP contribution in [0, 0.1) is 0 Å². The summed E-state index contributed by atoms with van der Waals surface area (Å²) < 4.78 is 5.97. The molecule has 6 nitrogen and oxygen atoms in total. The average molecular weight is 907 g/mol. The number of rotatable bonds is 54. The molecule has 0 radical (unpaired) electrons. The Kier molecular flexibility index (Phi) is 51.9. The lowest BCUT2D eigenvalue weighted by Gasteiger charge is -2.24. The minimum atomic E-state index is -0.780. The molecule has 0 rings (SSSR count). The molecule has 0 saturated heterocycles. The van der Waals surface area contributed by atoms with Gasteiger partial charge in [-0.3, -0.25) is 9.59 Å². The number of esters is 1. The van der Waals surface area contributed by atoms with Crippen LogP contribution in [0.5, 0.6) is 0 Å². The highest BCUT2D eigenvalue weighted by Crippen LogP contribution is 2.19. The van der Waals surface area contributed by atoms with Crippen molar-refractivity contribution in [3.63, 3.8) is 0 Å². The van der Waals surface area contributed by atoms with Gasteiger partial charge in [0.15, 0.2) is 0 Å². The van der Waals surface area contributed by atoms with Gasteiger partial charge in [-0.25, -0.2) is 0 Å². The van der Waals surface area contributed by atoms with E-state index in [2.05, 4.69) is 26.1 Å². The van der Waals surface area contributed by atoms with Crippen molar-refractivity contribution >= 4 is 11.9 Å². The van der Waals surface area contributed by atoms with Crippen LogP contribution in [-0.2, 0) is 14.3 Å². The van der Waals surface area contributed by atoms with Gasteiger partial charge in [-0.05, 0) is 25.7 Å². The van der Waals surface area contributed by atoms with E-state index in [0.29, 0.717) is 19.3 Å². The molecule has 0 fully saturated rings. The van der Waals surface area contributed by atoms with E-state index < -0.39 is 18.2 Å². The van der Waals surface area contributed by atoms with Crippen LogP contribution in [0.2, 0.25) is 0 Å². The van der Waals surface area contributed by atoms with Crippen molar-refractivity contribution in [2.75, 3.05) is 6.61 Å². The molecule has 3 atom stereocenters. The number of carbonyl (C=O) groups excluding carboxylic acids is 2. The highest BCUT2D eigenvalue weighted by molar-refractivity contribution is 5.77. The van der Waals surface area contributed by atoms with Gasteiger partial charge in [0.2, 0.25) is 5.91 Å². The van der Waals surface area contributed by atoms with Crippen molar-refractivity contribution in [1.29, 1.82) is 0 Å². The monoisotopic (exact) mass is 906 g/mol. The summed E-state index contributed by atoms with van der Waals surface area (Å²) in [6.45, 7) is 6.53. The molecule has 3 N–H and O–H groups in total. The molecule has 0 aliphatic heterocycles. The second kappa shape index (κ2) is 52.8. The van der Waals surface area contributed by atoms with Gasteiger partial charge < -0.3 is 20.3 Å². The van der Waals surface area contributed by atoms with Gasteiger partial charge in [0.25, 0.3) is 0 Å². The third-order valence-electron chi connectivity index (χ3n) is 13.9. The maximum absolute atomic E-state index is 13.3. The number of hydrogen-bond donors (Lipinski definition) is 3. The largest absolute Gasteiger partial charge is 0.462 e. The van der Waals surface area contributed by atoms with Crippen LogP contribution >= 0.6 is 0 Å². The Morgan fingerprint density at radius 1 is 0.391 bits per heavy atom. The number of hydrogen-bond acceptors (Lipinski definition) is 5. The van der Waals surface area contributed by atoms with Gasteiger partial charge in [-0.2, -0.15) is 0 Å². The molecule has 0 aliphatic carbocycles. The molecule has 0 saturated carbocycles. The fourth-order valence-corrected chi connectivity index (χ4v) is 9.49. The van der Waals surface area contributed by atoms with E-state index in [-0.39, 0.29) is 24.9 Å². The van der Waals surface area contributed by atoms with Crippen LogP contribution in [0.4, 0.5) is 0 Å². The van der Waals surface area contributed by atoms with E-state index in [1.165, 1.54) is 250 Å². The molecule has 64 heavy (non-hydrogen) atoms. The van der Waals surface area contributed by atoms with Crippen LogP contribution < -0.4 is 5.32 Å². The third-order valence-corrected chi connectivity index (χ3v) is 13.9. The van der Waals surface area contributed by atoms with Crippen LogP contribution in [0.3, 0.4) is 0 Å². The van der Waals surface area contributed by atoms with E-state index in [0.717, 1.165) is 38.5 Å². The van der Waals surface area contributed by atoms with Crippen LogP contribution in [0.1, 0.15) is 335 Å². The topological polar surface area (TPSA) is 95.9 Å². The number of aliphatic hydroxyl groups excluding tert-OH is 2. The van der Waals surface area contributed by atoms with Crippen LogP contribution in [0.15, 0.2) is 0 Å². The first-order chi connectivity index (χ1) is 31.5. The summed E-state index contributed by atoms with van der Waals surface area (Å²) >= 11 is 0. The summed E-state index contributed by atoms with van der Waals surface area (Å²) in [6.07, 6.45) is 58.8. The first-order valence-electron chi connectivity index (χ1n) is 29.3. The summed E-state index contributed by atoms with van der Waals surface area (Å²) in [4.78, 5) is 26.3. The van der Waals surface area contributed by atoms with E-state index >= 15 is 0 Å². The fourth-order valence-electron chi connectivity index (χ4n) is 9.49. The molecule has 3 unspecified atom stereocenters. The smallest absolute Gasteiger partial charge is 0.306 e. The Morgan fingerprint density at radius 2 is 0.656 bits per heavy atom. The molecule has 6 heteroatoms. The first kappa shape index (κ1) is 62.9. The minimum Gasteiger partial charge on any atom is -0.462 e. The third kappa shape index (κ3) is 47.4. The van der Waals surface area contributed by atoms with Gasteiger partial charge >= 0.3 is 5.97 Å². The Balaban J connectivity index is 4.49. The molecular formula is C58H115NO5. The molecule has 0 spiro atoms. The van der Waals surface area contributed by atoms with Crippen molar-refractivity contribution < 1.29 is 24.5 Å². The Labute approximate surface area is 400 Å². The maximum atomic E-state index is 13.3. The van der Waals surface area contributed by atoms with Gasteiger partial charge in [0.05, 0.1) is 25.2 Å². The summed E-state index contributed by atoms with van der Waals surface area (Å²) in [5.74, 6) is -0.444. The number of ether oxygens (including phenoxy) is 1.